The van der Waals surface area contributed by atoms with Crippen LogP contribution in [0.25, 0.3) is 0 Å². The Morgan fingerprint density at radius 2 is 1.80 bits per heavy atom. The molecule has 0 aromatic carbocycles. The number of carbonyl (C=O) groups is 1. The highest BCUT2D eigenvalue weighted by atomic mass is 79.9. The Labute approximate surface area is 157 Å². The van der Waals surface area contributed by atoms with Gasteiger partial charge in [-0.05, 0) is 21.8 Å². The van der Waals surface area contributed by atoms with E-state index in [0.717, 1.165) is 5.69 Å². The van der Waals surface area contributed by atoms with Gasteiger partial charge in [-0.2, -0.15) is 22.1 Å². The number of halogens is 1. The van der Waals surface area contributed by atoms with Crippen LogP contribution in [-0.2, 0) is 10.2 Å². The molecule has 1 saturated heterocycles. The van der Waals surface area contributed by atoms with E-state index in [1.54, 1.807) is 4.90 Å². The molecule has 1 aromatic rings. The molecule has 10 heteroatoms. The molecule has 25 heavy (non-hydrogen) atoms. The summed E-state index contributed by atoms with van der Waals surface area (Å²) in [5.74, 6) is 0.0365. The number of hydrogen-bond acceptors (Lipinski definition) is 4. The monoisotopic (exact) mass is 435 g/mol. The normalized spacial score (nSPS) is 16.8. The highest BCUT2D eigenvalue weighted by Gasteiger charge is 2.33. The van der Waals surface area contributed by atoms with E-state index in [4.69, 9.17) is 0 Å². The molecule has 1 aliphatic heterocycles. The van der Waals surface area contributed by atoms with Crippen LogP contribution in [-0.4, -0.2) is 77.3 Å². The molecule has 1 fully saturated rings. The number of H-pyrrole nitrogens is 1. The highest BCUT2D eigenvalue weighted by molar-refractivity contribution is 9.10. The third-order valence-electron chi connectivity index (χ3n) is 4.40. The zero-order valence-electron chi connectivity index (χ0n) is 15.1. The van der Waals surface area contributed by atoms with Gasteiger partial charge in [0.1, 0.15) is 0 Å². The largest absolute Gasteiger partial charge is 0.335 e. The lowest BCUT2D eigenvalue weighted by Crippen LogP contribution is -2.54. The second-order valence-electron chi connectivity index (χ2n) is 6.24. The topological polar surface area (TPSA) is 89.6 Å². The summed E-state index contributed by atoms with van der Waals surface area (Å²) >= 11 is 3.45. The summed E-state index contributed by atoms with van der Waals surface area (Å²) in [6, 6.07) is 0. The van der Waals surface area contributed by atoms with Crippen molar-refractivity contribution in [2.45, 2.75) is 33.6 Å². The molecule has 1 aliphatic rings. The van der Waals surface area contributed by atoms with Gasteiger partial charge in [-0.15, -0.1) is 0 Å². The molecule has 0 bridgehead atoms. The van der Waals surface area contributed by atoms with E-state index in [2.05, 4.69) is 26.1 Å². The van der Waals surface area contributed by atoms with E-state index in [-0.39, 0.29) is 11.8 Å². The standard InChI is InChI=1S/C15H26BrN5O3S/c1-5-20(6-2)25(23,24)21-9-7-19(8-10-21)15(22)14-12(16)13(11(3)4)17-18-14/h11H,5-10H2,1-4H3,(H,17,18). The van der Waals surface area contributed by atoms with Crippen LogP contribution in [0.2, 0.25) is 0 Å². The van der Waals surface area contributed by atoms with Gasteiger partial charge < -0.3 is 4.90 Å². The van der Waals surface area contributed by atoms with Crippen LogP contribution in [0.15, 0.2) is 4.47 Å². The van der Waals surface area contributed by atoms with Gasteiger partial charge in [0.05, 0.1) is 10.2 Å². The Bertz CT molecular complexity index is 707. The molecule has 0 saturated carbocycles. The number of hydrogen-bond donors (Lipinski definition) is 1. The lowest BCUT2D eigenvalue weighted by Gasteiger charge is -2.36. The summed E-state index contributed by atoms with van der Waals surface area (Å²) in [7, 11) is -3.46. The lowest BCUT2D eigenvalue weighted by atomic mass is 10.1. The second kappa shape index (κ2) is 8.15. The smallest absolute Gasteiger partial charge is 0.282 e. The predicted octanol–water partition coefficient (Wildman–Crippen LogP) is 1.64. The minimum absolute atomic E-state index is 0.185. The highest BCUT2D eigenvalue weighted by Crippen LogP contribution is 2.26. The van der Waals surface area contributed by atoms with Gasteiger partial charge in [-0.3, -0.25) is 9.89 Å². The third kappa shape index (κ3) is 4.07. The molecule has 1 amide bonds. The average Bonchev–Trinajstić information content (AvgIpc) is 2.97. The number of piperazine rings is 1. The second-order valence-corrected chi connectivity index (χ2v) is 8.96. The molecular weight excluding hydrogens is 410 g/mol. The fourth-order valence-corrected chi connectivity index (χ4v) is 5.26. The first-order chi connectivity index (χ1) is 11.7. The van der Waals surface area contributed by atoms with Crippen molar-refractivity contribution < 1.29 is 13.2 Å². The van der Waals surface area contributed by atoms with Crippen molar-refractivity contribution >= 4 is 32.0 Å². The summed E-state index contributed by atoms with van der Waals surface area (Å²) in [6.07, 6.45) is 0. The fraction of sp³-hybridized carbons (Fsp3) is 0.733. The first-order valence-corrected chi connectivity index (χ1v) is 10.7. The van der Waals surface area contributed by atoms with E-state index in [1.807, 2.05) is 27.7 Å². The molecule has 8 nitrogen and oxygen atoms in total. The van der Waals surface area contributed by atoms with Crippen molar-refractivity contribution in [3.63, 3.8) is 0 Å². The summed E-state index contributed by atoms with van der Waals surface area (Å²) < 4.78 is 28.7. The molecule has 1 aromatic heterocycles. The zero-order valence-corrected chi connectivity index (χ0v) is 17.5. The van der Waals surface area contributed by atoms with Crippen LogP contribution >= 0.6 is 15.9 Å². The van der Waals surface area contributed by atoms with Crippen molar-refractivity contribution in [3.8, 4) is 0 Å². The van der Waals surface area contributed by atoms with Crippen LogP contribution in [0.5, 0.6) is 0 Å². The molecule has 0 aliphatic carbocycles. The van der Waals surface area contributed by atoms with E-state index in [9.17, 15) is 13.2 Å². The lowest BCUT2D eigenvalue weighted by molar-refractivity contribution is 0.0687. The minimum atomic E-state index is -3.46. The molecule has 2 heterocycles. The van der Waals surface area contributed by atoms with Gasteiger partial charge in [0.15, 0.2) is 5.69 Å². The molecule has 0 spiro atoms. The zero-order chi connectivity index (χ0) is 18.8. The Hall–Kier alpha value is -0.970. The van der Waals surface area contributed by atoms with E-state index < -0.39 is 10.2 Å². The quantitative estimate of drug-likeness (QED) is 0.734. The SMILES string of the molecule is CCN(CC)S(=O)(=O)N1CCN(C(=O)c2n[nH]c(C(C)C)c2Br)CC1. The maximum atomic E-state index is 12.7. The van der Waals surface area contributed by atoms with Gasteiger partial charge in [0.25, 0.3) is 16.1 Å². The molecule has 1 N–H and O–H groups in total. The van der Waals surface area contributed by atoms with E-state index in [1.165, 1.54) is 8.61 Å². The van der Waals surface area contributed by atoms with E-state index >= 15 is 0 Å². The van der Waals surface area contributed by atoms with Crippen molar-refractivity contribution in [2.75, 3.05) is 39.3 Å². The Morgan fingerprint density at radius 3 is 2.24 bits per heavy atom. The predicted molar refractivity (Wildman–Crippen MR) is 99.7 cm³/mol. The number of amides is 1. The first-order valence-electron chi connectivity index (χ1n) is 8.52. The van der Waals surface area contributed by atoms with Crippen LogP contribution in [0.4, 0.5) is 0 Å². The molecular formula is C15H26BrN5O3S. The number of carbonyl (C=O) groups excluding carboxylic acids is 1. The van der Waals surface area contributed by atoms with Crippen molar-refractivity contribution in [2.24, 2.45) is 0 Å². The average molecular weight is 436 g/mol. The van der Waals surface area contributed by atoms with Crippen LogP contribution in [0, 0.1) is 0 Å². The van der Waals surface area contributed by atoms with Crippen molar-refractivity contribution in [1.29, 1.82) is 0 Å². The van der Waals surface area contributed by atoms with Crippen molar-refractivity contribution in [1.82, 2.24) is 23.7 Å². The van der Waals surface area contributed by atoms with Gasteiger partial charge in [0.2, 0.25) is 0 Å². The Morgan fingerprint density at radius 1 is 1.24 bits per heavy atom. The maximum absolute atomic E-state index is 12.7. The number of rotatable bonds is 6. The molecule has 0 atom stereocenters. The maximum Gasteiger partial charge on any atom is 0.282 e. The molecule has 0 radical (unpaired) electrons. The van der Waals surface area contributed by atoms with Gasteiger partial charge >= 0.3 is 0 Å². The van der Waals surface area contributed by atoms with Gasteiger partial charge in [0, 0.05) is 39.3 Å². The van der Waals surface area contributed by atoms with E-state index in [0.29, 0.717) is 49.4 Å². The number of nitrogens with one attached hydrogen (secondary N) is 1. The van der Waals surface area contributed by atoms with Crippen LogP contribution in [0.3, 0.4) is 0 Å². The fourth-order valence-electron chi connectivity index (χ4n) is 2.85. The summed E-state index contributed by atoms with van der Waals surface area (Å²) in [4.78, 5) is 14.3. The molecule has 142 valence electrons. The summed E-state index contributed by atoms with van der Waals surface area (Å²) in [6.45, 7) is 9.86. The van der Waals surface area contributed by atoms with Gasteiger partial charge in [-0.25, -0.2) is 0 Å². The first kappa shape index (κ1) is 20.3. The summed E-state index contributed by atoms with van der Waals surface area (Å²) in [5, 5.41) is 7.03. The Kier molecular flexibility index (Phi) is 6.63. The number of aromatic nitrogens is 2. The Balaban J connectivity index is 2.06. The summed E-state index contributed by atoms with van der Waals surface area (Å²) in [5.41, 5.74) is 1.23. The van der Waals surface area contributed by atoms with Gasteiger partial charge in [-0.1, -0.05) is 27.7 Å². The van der Waals surface area contributed by atoms with Crippen LogP contribution < -0.4 is 0 Å². The third-order valence-corrected chi connectivity index (χ3v) is 7.39. The molecule has 2 rings (SSSR count). The number of nitrogens with zero attached hydrogens (tertiary/aromatic N) is 4. The van der Waals surface area contributed by atoms with Crippen molar-refractivity contribution in [3.05, 3.63) is 15.9 Å². The minimum Gasteiger partial charge on any atom is -0.335 e. The molecule has 0 unspecified atom stereocenters. The number of aromatic amines is 1. The van der Waals surface area contributed by atoms with Crippen LogP contribution in [0.1, 0.15) is 49.8 Å².